The first kappa shape index (κ1) is 14.4. The van der Waals surface area contributed by atoms with Crippen LogP contribution in [0.3, 0.4) is 0 Å². The van der Waals surface area contributed by atoms with Crippen molar-refractivity contribution in [1.82, 2.24) is 4.90 Å². The number of rotatable bonds is 3. The first-order chi connectivity index (χ1) is 9.01. The van der Waals surface area contributed by atoms with Crippen molar-refractivity contribution in [2.24, 2.45) is 0 Å². The Morgan fingerprint density at radius 1 is 1.16 bits per heavy atom. The minimum absolute atomic E-state index is 0.266. The lowest BCUT2D eigenvalue weighted by Gasteiger charge is -2.45. The molecule has 1 N–H and O–H groups in total. The highest BCUT2D eigenvalue weighted by Gasteiger charge is 2.29. The molecule has 3 nitrogen and oxygen atoms in total. The molecule has 0 bridgehead atoms. The number of piperazine rings is 1. The second-order valence-corrected chi connectivity index (χ2v) is 5.93. The van der Waals surface area contributed by atoms with Crippen molar-refractivity contribution in [3.63, 3.8) is 0 Å². The molecule has 1 aromatic carbocycles. The van der Waals surface area contributed by atoms with Gasteiger partial charge in [-0.1, -0.05) is 6.07 Å². The quantitative estimate of drug-likeness (QED) is 0.904. The van der Waals surface area contributed by atoms with Gasteiger partial charge in [0.15, 0.2) is 0 Å². The number of anilines is 1. The molecule has 0 amide bonds. The molecule has 0 aromatic heterocycles. The molecular formula is C16H26N2O. The fourth-order valence-corrected chi connectivity index (χ4v) is 3.05. The average Bonchev–Trinajstić information content (AvgIpc) is 2.33. The van der Waals surface area contributed by atoms with Crippen molar-refractivity contribution >= 4 is 5.69 Å². The largest absolute Gasteiger partial charge is 0.396 e. The fourth-order valence-electron chi connectivity index (χ4n) is 3.05. The Morgan fingerprint density at radius 3 is 2.37 bits per heavy atom. The second kappa shape index (κ2) is 5.93. The highest BCUT2D eigenvalue weighted by atomic mass is 16.3. The molecule has 0 radical (unpaired) electrons. The van der Waals surface area contributed by atoms with E-state index in [0.717, 1.165) is 19.5 Å². The van der Waals surface area contributed by atoms with E-state index >= 15 is 0 Å². The van der Waals surface area contributed by atoms with E-state index in [-0.39, 0.29) is 6.61 Å². The van der Waals surface area contributed by atoms with Crippen LogP contribution in [0.4, 0.5) is 5.69 Å². The molecule has 1 aliphatic rings. The molecular weight excluding hydrogens is 236 g/mol. The summed E-state index contributed by atoms with van der Waals surface area (Å²) in [6.07, 6.45) is 0.849. The Kier molecular flexibility index (Phi) is 4.48. The Labute approximate surface area is 116 Å². The van der Waals surface area contributed by atoms with E-state index in [1.54, 1.807) is 0 Å². The number of nitrogens with zero attached hydrogens (tertiary/aromatic N) is 2. The van der Waals surface area contributed by atoms with Crippen LogP contribution in [0.2, 0.25) is 0 Å². The number of aliphatic hydroxyl groups is 1. The van der Waals surface area contributed by atoms with Crippen LogP contribution in [0.15, 0.2) is 18.2 Å². The number of hydrogen-bond donors (Lipinski definition) is 1. The third-order valence-electron chi connectivity index (χ3n) is 4.22. The lowest BCUT2D eigenvalue weighted by molar-refractivity contribution is 0.128. The van der Waals surface area contributed by atoms with Gasteiger partial charge in [0.05, 0.1) is 0 Å². The van der Waals surface area contributed by atoms with Crippen LogP contribution in [-0.4, -0.2) is 48.8 Å². The standard InChI is InChI=1S/C16H26N2O/c1-12-7-13(2)9-16(8-12)18-10-14(3)17(4)15(11-18)5-6-19/h7-9,14-15,19H,5-6,10-11H2,1-4H3. The summed E-state index contributed by atoms with van der Waals surface area (Å²) < 4.78 is 0. The predicted molar refractivity (Wildman–Crippen MR) is 80.8 cm³/mol. The molecule has 2 rings (SSSR count). The number of benzene rings is 1. The van der Waals surface area contributed by atoms with Crippen LogP contribution in [0.25, 0.3) is 0 Å². The average molecular weight is 262 g/mol. The smallest absolute Gasteiger partial charge is 0.0446 e. The summed E-state index contributed by atoms with van der Waals surface area (Å²) in [5.74, 6) is 0. The molecule has 1 aromatic rings. The fraction of sp³-hybridized carbons (Fsp3) is 0.625. The van der Waals surface area contributed by atoms with Gasteiger partial charge in [-0.3, -0.25) is 4.90 Å². The van der Waals surface area contributed by atoms with Gasteiger partial charge >= 0.3 is 0 Å². The van der Waals surface area contributed by atoms with E-state index in [1.807, 2.05) is 0 Å². The number of likely N-dealkylation sites (N-methyl/N-ethyl adjacent to an activating group) is 1. The van der Waals surface area contributed by atoms with Crippen molar-refractivity contribution in [3.8, 4) is 0 Å². The van der Waals surface area contributed by atoms with Gasteiger partial charge in [-0.2, -0.15) is 0 Å². The molecule has 1 fully saturated rings. The minimum atomic E-state index is 0.266. The number of aliphatic hydroxyl groups excluding tert-OH is 1. The summed E-state index contributed by atoms with van der Waals surface area (Å²) in [5, 5.41) is 9.22. The molecule has 0 aliphatic carbocycles. The monoisotopic (exact) mass is 262 g/mol. The number of hydrogen-bond acceptors (Lipinski definition) is 3. The zero-order valence-electron chi connectivity index (χ0n) is 12.6. The van der Waals surface area contributed by atoms with Crippen LogP contribution >= 0.6 is 0 Å². The Morgan fingerprint density at radius 2 is 1.79 bits per heavy atom. The summed E-state index contributed by atoms with van der Waals surface area (Å²) in [6.45, 7) is 8.90. The zero-order chi connectivity index (χ0) is 14.0. The maximum absolute atomic E-state index is 9.22. The molecule has 19 heavy (non-hydrogen) atoms. The van der Waals surface area contributed by atoms with Crippen LogP contribution in [-0.2, 0) is 0 Å². The summed E-state index contributed by atoms with van der Waals surface area (Å²) in [7, 11) is 2.17. The maximum Gasteiger partial charge on any atom is 0.0446 e. The maximum atomic E-state index is 9.22. The van der Waals surface area contributed by atoms with Crippen LogP contribution in [0.5, 0.6) is 0 Å². The van der Waals surface area contributed by atoms with Gasteiger partial charge in [0, 0.05) is 37.5 Å². The first-order valence-electron chi connectivity index (χ1n) is 7.17. The van der Waals surface area contributed by atoms with E-state index in [2.05, 4.69) is 55.8 Å². The molecule has 106 valence electrons. The van der Waals surface area contributed by atoms with E-state index < -0.39 is 0 Å². The van der Waals surface area contributed by atoms with Gasteiger partial charge in [-0.25, -0.2) is 0 Å². The SMILES string of the molecule is Cc1cc(C)cc(N2CC(C)N(C)C(CCO)C2)c1. The Hall–Kier alpha value is -1.06. The Bertz CT molecular complexity index is 413. The van der Waals surface area contributed by atoms with Gasteiger partial charge in [0.1, 0.15) is 0 Å². The molecule has 0 spiro atoms. The highest BCUT2D eigenvalue weighted by molar-refractivity contribution is 5.51. The molecule has 2 atom stereocenters. The first-order valence-corrected chi connectivity index (χ1v) is 7.17. The summed E-state index contributed by atoms with van der Waals surface area (Å²) in [5.41, 5.74) is 3.96. The van der Waals surface area contributed by atoms with E-state index in [9.17, 15) is 5.11 Å². The molecule has 3 heteroatoms. The van der Waals surface area contributed by atoms with Crippen LogP contribution in [0, 0.1) is 13.8 Å². The molecule has 1 heterocycles. The van der Waals surface area contributed by atoms with Crippen molar-refractivity contribution in [3.05, 3.63) is 29.3 Å². The third-order valence-corrected chi connectivity index (χ3v) is 4.22. The predicted octanol–water partition coefficient (Wildman–Crippen LogP) is 2.19. The minimum Gasteiger partial charge on any atom is -0.396 e. The summed E-state index contributed by atoms with van der Waals surface area (Å²) >= 11 is 0. The highest BCUT2D eigenvalue weighted by Crippen LogP contribution is 2.24. The van der Waals surface area contributed by atoms with Gasteiger partial charge in [0.25, 0.3) is 0 Å². The van der Waals surface area contributed by atoms with E-state index in [0.29, 0.717) is 12.1 Å². The molecule has 2 unspecified atom stereocenters. The van der Waals surface area contributed by atoms with Gasteiger partial charge in [-0.05, 0) is 57.5 Å². The summed E-state index contributed by atoms with van der Waals surface area (Å²) in [4.78, 5) is 4.86. The molecule has 0 saturated carbocycles. The molecule has 1 aliphatic heterocycles. The van der Waals surface area contributed by atoms with Crippen molar-refractivity contribution in [2.45, 2.75) is 39.3 Å². The zero-order valence-corrected chi connectivity index (χ0v) is 12.6. The molecule has 1 saturated heterocycles. The van der Waals surface area contributed by atoms with Gasteiger partial charge < -0.3 is 10.0 Å². The third kappa shape index (κ3) is 3.28. The summed E-state index contributed by atoms with van der Waals surface area (Å²) in [6, 6.07) is 7.71. The lowest BCUT2D eigenvalue weighted by Crippen LogP contribution is -2.56. The van der Waals surface area contributed by atoms with E-state index in [1.165, 1.54) is 16.8 Å². The van der Waals surface area contributed by atoms with Crippen molar-refractivity contribution in [1.29, 1.82) is 0 Å². The van der Waals surface area contributed by atoms with Gasteiger partial charge in [0.2, 0.25) is 0 Å². The Balaban J connectivity index is 2.20. The van der Waals surface area contributed by atoms with E-state index in [4.69, 9.17) is 0 Å². The topological polar surface area (TPSA) is 26.7 Å². The van der Waals surface area contributed by atoms with Crippen molar-refractivity contribution < 1.29 is 5.11 Å². The van der Waals surface area contributed by atoms with Crippen LogP contribution < -0.4 is 4.90 Å². The van der Waals surface area contributed by atoms with Crippen LogP contribution in [0.1, 0.15) is 24.5 Å². The second-order valence-electron chi connectivity index (χ2n) is 5.93. The number of aryl methyl sites for hydroxylation is 2. The normalized spacial score (nSPS) is 24.8. The van der Waals surface area contributed by atoms with Crippen molar-refractivity contribution in [2.75, 3.05) is 31.6 Å². The lowest BCUT2D eigenvalue weighted by atomic mass is 10.0. The van der Waals surface area contributed by atoms with Gasteiger partial charge in [-0.15, -0.1) is 0 Å².